The van der Waals surface area contributed by atoms with E-state index >= 15 is 0 Å². The molecule has 1 N–H and O–H groups in total. The summed E-state index contributed by atoms with van der Waals surface area (Å²) >= 11 is 8.71. The number of alkyl halides is 1. The van der Waals surface area contributed by atoms with E-state index in [1.165, 1.54) is 6.07 Å². The van der Waals surface area contributed by atoms with E-state index in [4.69, 9.17) is 11.6 Å². The van der Waals surface area contributed by atoms with Crippen LogP contribution in [0.1, 0.15) is 18.4 Å². The van der Waals surface area contributed by atoms with Gasteiger partial charge in [0.05, 0.1) is 0 Å². The summed E-state index contributed by atoms with van der Waals surface area (Å²) in [6.45, 7) is 0.201. The smallest absolute Gasteiger partial charge is 0.220 e. The summed E-state index contributed by atoms with van der Waals surface area (Å²) in [5, 5.41) is 2.64. The van der Waals surface area contributed by atoms with Crippen molar-refractivity contribution in [3.05, 3.63) is 34.1 Å². The van der Waals surface area contributed by atoms with E-state index in [2.05, 4.69) is 21.2 Å². The molecule has 5 heteroatoms. The van der Waals surface area contributed by atoms with Gasteiger partial charge in [-0.05, 0) is 24.6 Å². The second-order valence-corrected chi connectivity index (χ2v) is 4.60. The molecular formula is C11H12BrClFNO. The van der Waals surface area contributed by atoms with E-state index in [0.717, 1.165) is 4.47 Å². The molecule has 2 nitrogen and oxygen atoms in total. The minimum atomic E-state index is -0.319. The van der Waals surface area contributed by atoms with Gasteiger partial charge >= 0.3 is 0 Å². The topological polar surface area (TPSA) is 29.1 Å². The van der Waals surface area contributed by atoms with E-state index < -0.39 is 0 Å². The highest BCUT2D eigenvalue weighted by Crippen LogP contribution is 2.15. The molecule has 0 aliphatic rings. The maximum absolute atomic E-state index is 13.3. The summed E-state index contributed by atoms with van der Waals surface area (Å²) in [4.78, 5) is 11.3. The van der Waals surface area contributed by atoms with Crippen LogP contribution in [0, 0.1) is 5.82 Å². The minimum absolute atomic E-state index is 0.111. The monoisotopic (exact) mass is 307 g/mol. The third kappa shape index (κ3) is 4.49. The third-order valence-electron chi connectivity index (χ3n) is 2.02. The molecule has 0 radical (unpaired) electrons. The lowest BCUT2D eigenvalue weighted by Crippen LogP contribution is -2.23. The molecule has 1 rings (SSSR count). The first-order valence-electron chi connectivity index (χ1n) is 4.90. The van der Waals surface area contributed by atoms with Crippen LogP contribution in [0.5, 0.6) is 0 Å². The van der Waals surface area contributed by atoms with Gasteiger partial charge in [0.2, 0.25) is 5.91 Å². The Labute approximate surface area is 107 Å². The zero-order valence-electron chi connectivity index (χ0n) is 8.60. The maximum atomic E-state index is 13.3. The fourth-order valence-corrected chi connectivity index (χ4v) is 1.73. The third-order valence-corrected chi connectivity index (χ3v) is 2.78. The molecule has 0 aliphatic heterocycles. The molecule has 0 saturated carbocycles. The fourth-order valence-electron chi connectivity index (χ4n) is 1.19. The Balaban J connectivity index is 2.47. The summed E-state index contributed by atoms with van der Waals surface area (Å²) in [5.41, 5.74) is 0.466. The number of hydrogen-bond donors (Lipinski definition) is 1. The van der Waals surface area contributed by atoms with Crippen LogP contribution in [0.2, 0.25) is 0 Å². The minimum Gasteiger partial charge on any atom is -0.352 e. The standard InChI is InChI=1S/C11H12BrClFNO/c12-9-3-4-10(14)8(6-9)7-15-11(16)2-1-5-13/h3-4,6H,1-2,5,7H2,(H,15,16). The SMILES string of the molecule is O=C(CCCCl)NCc1cc(Br)ccc1F. The molecule has 16 heavy (non-hydrogen) atoms. The van der Waals surface area contributed by atoms with E-state index in [0.29, 0.717) is 24.3 Å². The lowest BCUT2D eigenvalue weighted by atomic mass is 10.2. The lowest BCUT2D eigenvalue weighted by Gasteiger charge is -2.06. The molecule has 88 valence electrons. The summed E-state index contributed by atoms with van der Waals surface area (Å²) in [5.74, 6) is 0.0273. The predicted octanol–water partition coefficient (Wildman–Crippen LogP) is 3.22. The summed E-state index contributed by atoms with van der Waals surface area (Å²) in [6.07, 6.45) is 1.01. The zero-order chi connectivity index (χ0) is 12.0. The second kappa shape index (κ2) is 6.86. The highest BCUT2D eigenvalue weighted by molar-refractivity contribution is 9.10. The highest BCUT2D eigenvalue weighted by Gasteiger charge is 2.05. The van der Waals surface area contributed by atoms with E-state index in [-0.39, 0.29) is 18.3 Å². The number of carbonyl (C=O) groups excluding carboxylic acids is 1. The molecule has 1 aromatic rings. The molecule has 0 aromatic heterocycles. The predicted molar refractivity (Wildman–Crippen MR) is 65.9 cm³/mol. The van der Waals surface area contributed by atoms with Gasteiger partial charge in [-0.1, -0.05) is 15.9 Å². The zero-order valence-corrected chi connectivity index (χ0v) is 10.9. The van der Waals surface area contributed by atoms with Crippen molar-refractivity contribution in [1.82, 2.24) is 5.32 Å². The van der Waals surface area contributed by atoms with E-state index in [9.17, 15) is 9.18 Å². The van der Waals surface area contributed by atoms with Crippen molar-refractivity contribution in [1.29, 1.82) is 0 Å². The highest BCUT2D eigenvalue weighted by atomic mass is 79.9. The molecule has 0 spiro atoms. The van der Waals surface area contributed by atoms with Crippen molar-refractivity contribution in [2.24, 2.45) is 0 Å². The first-order chi connectivity index (χ1) is 7.63. The number of amides is 1. The van der Waals surface area contributed by atoms with Crippen molar-refractivity contribution < 1.29 is 9.18 Å². The van der Waals surface area contributed by atoms with Crippen LogP contribution in [-0.2, 0) is 11.3 Å². The first kappa shape index (κ1) is 13.5. The van der Waals surface area contributed by atoms with Gasteiger partial charge in [0.15, 0.2) is 0 Å². The summed E-state index contributed by atoms with van der Waals surface area (Å²) < 4.78 is 14.1. The van der Waals surface area contributed by atoms with Crippen molar-refractivity contribution in [2.45, 2.75) is 19.4 Å². The van der Waals surface area contributed by atoms with Crippen molar-refractivity contribution in [2.75, 3.05) is 5.88 Å². The molecule has 0 heterocycles. The number of rotatable bonds is 5. The van der Waals surface area contributed by atoms with Crippen LogP contribution in [-0.4, -0.2) is 11.8 Å². The molecule has 0 unspecified atom stereocenters. The Kier molecular flexibility index (Phi) is 5.77. The quantitative estimate of drug-likeness (QED) is 0.831. The van der Waals surface area contributed by atoms with Crippen LogP contribution in [0.25, 0.3) is 0 Å². The van der Waals surface area contributed by atoms with Crippen LogP contribution in [0.15, 0.2) is 22.7 Å². The van der Waals surface area contributed by atoms with Crippen LogP contribution < -0.4 is 5.32 Å². The Bertz CT molecular complexity index is 373. The normalized spacial score (nSPS) is 10.2. The lowest BCUT2D eigenvalue weighted by molar-refractivity contribution is -0.121. The molecule has 0 atom stereocenters. The molecule has 0 bridgehead atoms. The van der Waals surface area contributed by atoms with Gasteiger partial charge in [-0.15, -0.1) is 11.6 Å². The molecule has 1 amide bonds. The van der Waals surface area contributed by atoms with Gasteiger partial charge in [-0.2, -0.15) is 0 Å². The molecular weight excluding hydrogens is 296 g/mol. The molecule has 1 aromatic carbocycles. The Morgan fingerprint density at radius 3 is 2.94 bits per heavy atom. The number of hydrogen-bond acceptors (Lipinski definition) is 1. The first-order valence-corrected chi connectivity index (χ1v) is 6.23. The number of halogens is 3. The Morgan fingerprint density at radius 1 is 1.50 bits per heavy atom. The van der Waals surface area contributed by atoms with Gasteiger partial charge in [0.1, 0.15) is 5.82 Å². The number of nitrogens with one attached hydrogen (secondary N) is 1. The average molecular weight is 309 g/mol. The molecule has 0 aliphatic carbocycles. The fraction of sp³-hybridized carbons (Fsp3) is 0.364. The summed E-state index contributed by atoms with van der Waals surface area (Å²) in [6, 6.07) is 4.63. The number of benzene rings is 1. The van der Waals surface area contributed by atoms with Gasteiger partial charge in [-0.25, -0.2) is 4.39 Å². The van der Waals surface area contributed by atoms with Gasteiger partial charge < -0.3 is 5.32 Å². The van der Waals surface area contributed by atoms with Crippen molar-refractivity contribution >= 4 is 33.4 Å². The second-order valence-electron chi connectivity index (χ2n) is 3.30. The van der Waals surface area contributed by atoms with E-state index in [1.54, 1.807) is 12.1 Å². The van der Waals surface area contributed by atoms with Crippen LogP contribution >= 0.6 is 27.5 Å². The van der Waals surface area contributed by atoms with Gasteiger partial charge in [0, 0.05) is 28.9 Å². The summed E-state index contributed by atoms with van der Waals surface area (Å²) in [7, 11) is 0. The van der Waals surface area contributed by atoms with Gasteiger partial charge in [-0.3, -0.25) is 4.79 Å². The Morgan fingerprint density at radius 2 is 2.25 bits per heavy atom. The van der Waals surface area contributed by atoms with Crippen LogP contribution in [0.3, 0.4) is 0 Å². The molecule has 0 saturated heterocycles. The Hall–Kier alpha value is -0.610. The number of carbonyl (C=O) groups is 1. The van der Waals surface area contributed by atoms with Gasteiger partial charge in [0.25, 0.3) is 0 Å². The van der Waals surface area contributed by atoms with Crippen molar-refractivity contribution in [3.8, 4) is 0 Å². The maximum Gasteiger partial charge on any atom is 0.220 e. The van der Waals surface area contributed by atoms with Crippen LogP contribution in [0.4, 0.5) is 4.39 Å². The molecule has 0 fully saturated rings. The van der Waals surface area contributed by atoms with E-state index in [1.807, 2.05) is 0 Å². The largest absolute Gasteiger partial charge is 0.352 e. The average Bonchev–Trinajstić information content (AvgIpc) is 2.27. The van der Waals surface area contributed by atoms with Crippen molar-refractivity contribution in [3.63, 3.8) is 0 Å².